The van der Waals surface area contributed by atoms with Crippen LogP contribution in [0.5, 0.6) is 0 Å². The second-order valence-electron chi connectivity index (χ2n) is 3.77. The predicted molar refractivity (Wildman–Crippen MR) is 73.9 cm³/mol. The molecule has 8 nitrogen and oxygen atoms in total. The van der Waals surface area contributed by atoms with Gasteiger partial charge < -0.3 is 0 Å². The van der Waals surface area contributed by atoms with Crippen molar-refractivity contribution in [3.8, 4) is 0 Å². The van der Waals surface area contributed by atoms with Gasteiger partial charge in [-0.2, -0.15) is 0 Å². The molecule has 3 aromatic rings. The quantitative estimate of drug-likeness (QED) is 0.538. The van der Waals surface area contributed by atoms with E-state index in [1.54, 1.807) is 10.7 Å². The highest BCUT2D eigenvalue weighted by Crippen LogP contribution is 2.34. The van der Waals surface area contributed by atoms with Gasteiger partial charge in [0.15, 0.2) is 4.34 Å². The Balaban J connectivity index is 1.95. The highest BCUT2D eigenvalue weighted by Gasteiger charge is 2.13. The molecule has 0 bridgehead atoms. The lowest BCUT2D eigenvalue weighted by Gasteiger charge is -1.96. The Kier molecular flexibility index (Phi) is 3.32. The van der Waals surface area contributed by atoms with E-state index in [0.29, 0.717) is 11.7 Å². The first-order valence-electron chi connectivity index (χ1n) is 5.66. The fourth-order valence-electron chi connectivity index (χ4n) is 1.60. The van der Waals surface area contributed by atoms with Crippen molar-refractivity contribution in [2.24, 2.45) is 0 Å². The number of non-ortho nitro benzene ring substituents is 1. The molecule has 0 radical (unpaired) electrons. The molecule has 3 rings (SSSR count). The third-order valence-electron chi connectivity index (χ3n) is 2.54. The molecule has 0 fully saturated rings. The molecule has 2 aromatic heterocycles. The number of benzene rings is 1. The summed E-state index contributed by atoms with van der Waals surface area (Å²) in [5, 5.41) is 22.8. The minimum absolute atomic E-state index is 0.0658. The molecule has 0 spiro atoms. The molecule has 1 aromatic carbocycles. The molecule has 0 atom stereocenters. The molecule has 2 heterocycles. The largest absolute Gasteiger partial charge is 0.270 e. The smallest absolute Gasteiger partial charge is 0.258 e. The minimum Gasteiger partial charge on any atom is -0.258 e. The maximum atomic E-state index is 10.7. The van der Waals surface area contributed by atoms with Crippen molar-refractivity contribution in [1.82, 2.24) is 25.2 Å². The van der Waals surface area contributed by atoms with Crippen molar-refractivity contribution < 1.29 is 4.92 Å². The van der Waals surface area contributed by atoms with Gasteiger partial charge in [-0.15, -0.1) is 16.4 Å². The van der Waals surface area contributed by atoms with Gasteiger partial charge in [0.25, 0.3) is 5.69 Å². The molecular weight excluding hydrogens is 300 g/mol. The fraction of sp³-hybridized carbons (Fsp3) is 0.200. The molecule has 20 heavy (non-hydrogen) atoms. The Bertz CT molecular complexity index is 783. The van der Waals surface area contributed by atoms with Crippen molar-refractivity contribution in [3.05, 3.63) is 28.3 Å². The number of aryl methyl sites for hydroxylation is 1. The molecule has 0 aliphatic heterocycles. The number of tetrazole rings is 1. The zero-order chi connectivity index (χ0) is 14.1. The van der Waals surface area contributed by atoms with Gasteiger partial charge in [-0.25, -0.2) is 9.67 Å². The normalized spacial score (nSPS) is 11.1. The zero-order valence-corrected chi connectivity index (χ0v) is 11.9. The van der Waals surface area contributed by atoms with Crippen molar-refractivity contribution in [3.63, 3.8) is 0 Å². The Morgan fingerprint density at radius 3 is 3.10 bits per heavy atom. The van der Waals surface area contributed by atoms with Crippen LogP contribution in [0.15, 0.2) is 27.7 Å². The van der Waals surface area contributed by atoms with E-state index >= 15 is 0 Å². The van der Waals surface area contributed by atoms with E-state index in [2.05, 4.69) is 20.5 Å². The molecule has 102 valence electrons. The molecule has 0 N–H and O–H groups in total. The van der Waals surface area contributed by atoms with Gasteiger partial charge in [-0.1, -0.05) is 0 Å². The van der Waals surface area contributed by atoms with E-state index in [4.69, 9.17) is 0 Å². The summed E-state index contributed by atoms with van der Waals surface area (Å²) in [6.45, 7) is 2.62. The van der Waals surface area contributed by atoms with Crippen LogP contribution in [-0.2, 0) is 6.54 Å². The molecule has 0 saturated carbocycles. The van der Waals surface area contributed by atoms with E-state index < -0.39 is 4.92 Å². The Hall–Kier alpha value is -2.07. The van der Waals surface area contributed by atoms with E-state index in [0.717, 1.165) is 14.6 Å². The van der Waals surface area contributed by atoms with Crippen molar-refractivity contribution in [2.45, 2.75) is 23.0 Å². The Morgan fingerprint density at radius 1 is 1.50 bits per heavy atom. The number of nitrogens with zero attached hydrogens (tertiary/aromatic N) is 6. The van der Waals surface area contributed by atoms with Crippen molar-refractivity contribution in [2.75, 3.05) is 0 Å². The van der Waals surface area contributed by atoms with Crippen LogP contribution in [0.4, 0.5) is 5.69 Å². The van der Waals surface area contributed by atoms with Crippen LogP contribution in [-0.4, -0.2) is 30.1 Å². The maximum Gasteiger partial charge on any atom is 0.270 e. The molecule has 0 unspecified atom stereocenters. The van der Waals surface area contributed by atoms with Crippen LogP contribution in [0, 0.1) is 10.1 Å². The maximum absolute atomic E-state index is 10.7. The van der Waals surface area contributed by atoms with E-state index in [1.807, 2.05) is 6.92 Å². The van der Waals surface area contributed by atoms with Crippen LogP contribution in [0.3, 0.4) is 0 Å². The predicted octanol–water partition coefficient (Wildman–Crippen LogP) is 2.36. The van der Waals surface area contributed by atoms with E-state index in [9.17, 15) is 10.1 Å². The summed E-state index contributed by atoms with van der Waals surface area (Å²) in [5.41, 5.74) is 0.801. The molecule has 0 saturated heterocycles. The van der Waals surface area contributed by atoms with Gasteiger partial charge in [0.05, 0.1) is 15.1 Å². The molecule has 0 amide bonds. The number of thiazole rings is 1. The lowest BCUT2D eigenvalue weighted by Crippen LogP contribution is -1.98. The minimum atomic E-state index is -0.413. The van der Waals surface area contributed by atoms with Crippen molar-refractivity contribution >= 4 is 39.0 Å². The first-order valence-corrected chi connectivity index (χ1v) is 7.29. The summed E-state index contributed by atoms with van der Waals surface area (Å²) in [6.07, 6.45) is 0. The van der Waals surface area contributed by atoms with Gasteiger partial charge in [-0.3, -0.25) is 10.1 Å². The van der Waals surface area contributed by atoms with Crippen LogP contribution < -0.4 is 0 Å². The van der Waals surface area contributed by atoms with Crippen LogP contribution >= 0.6 is 23.1 Å². The highest BCUT2D eigenvalue weighted by molar-refractivity contribution is 8.01. The first-order chi connectivity index (χ1) is 9.67. The standard InChI is InChI=1S/C10H8N6O2S2/c1-2-15-9(12-13-14-15)20-10-11-7-4-3-6(16(17)18)5-8(7)19-10/h3-5H,2H2,1H3. The molecule has 0 aliphatic carbocycles. The summed E-state index contributed by atoms with van der Waals surface area (Å²) >= 11 is 2.73. The van der Waals surface area contributed by atoms with Gasteiger partial charge in [0.2, 0.25) is 5.16 Å². The first kappa shape index (κ1) is 12.9. The SMILES string of the molecule is CCn1nnnc1Sc1nc2ccc([N+](=O)[O-])cc2s1. The number of hydrogen-bond acceptors (Lipinski definition) is 8. The summed E-state index contributed by atoms with van der Waals surface area (Å²) in [7, 11) is 0. The second-order valence-corrected chi connectivity index (χ2v) is 6.01. The highest BCUT2D eigenvalue weighted by atomic mass is 32.2. The van der Waals surface area contributed by atoms with Crippen LogP contribution in [0.2, 0.25) is 0 Å². The third-order valence-corrected chi connectivity index (χ3v) is 4.59. The average molecular weight is 308 g/mol. The van der Waals surface area contributed by atoms with E-state index in [1.165, 1.54) is 35.2 Å². The number of rotatable bonds is 4. The molecule has 0 aliphatic rings. The molecule has 10 heteroatoms. The second kappa shape index (κ2) is 5.13. The number of fused-ring (bicyclic) bond motifs is 1. The lowest BCUT2D eigenvalue weighted by atomic mass is 10.3. The van der Waals surface area contributed by atoms with Gasteiger partial charge >= 0.3 is 0 Å². The van der Waals surface area contributed by atoms with E-state index in [-0.39, 0.29) is 5.69 Å². The van der Waals surface area contributed by atoms with Crippen LogP contribution in [0.1, 0.15) is 6.92 Å². The monoisotopic (exact) mass is 308 g/mol. The number of hydrogen-bond donors (Lipinski definition) is 0. The zero-order valence-electron chi connectivity index (χ0n) is 10.3. The van der Waals surface area contributed by atoms with Gasteiger partial charge in [-0.05, 0) is 35.2 Å². The van der Waals surface area contributed by atoms with Crippen molar-refractivity contribution in [1.29, 1.82) is 0 Å². The topological polar surface area (TPSA) is 99.6 Å². The van der Waals surface area contributed by atoms with Gasteiger partial charge in [0.1, 0.15) is 0 Å². The van der Waals surface area contributed by atoms with Crippen LogP contribution in [0.25, 0.3) is 10.2 Å². The number of nitro benzene ring substituents is 1. The fourth-order valence-corrected chi connectivity index (χ4v) is 3.63. The summed E-state index contributed by atoms with van der Waals surface area (Å²) in [5.74, 6) is 0. The Morgan fingerprint density at radius 2 is 2.35 bits per heavy atom. The summed E-state index contributed by atoms with van der Waals surface area (Å²) < 4.78 is 3.20. The third kappa shape index (κ3) is 2.34. The number of nitro groups is 1. The number of aromatic nitrogens is 5. The molecular formula is C10H8N6O2S2. The summed E-state index contributed by atoms with van der Waals surface area (Å²) in [4.78, 5) is 14.7. The van der Waals surface area contributed by atoms with Gasteiger partial charge in [0, 0.05) is 18.7 Å². The Labute approximate surface area is 121 Å². The lowest BCUT2D eigenvalue weighted by molar-refractivity contribution is -0.384. The average Bonchev–Trinajstić information content (AvgIpc) is 3.03. The summed E-state index contributed by atoms with van der Waals surface area (Å²) in [6, 6.07) is 4.63.